The van der Waals surface area contributed by atoms with E-state index in [1.807, 2.05) is 12.1 Å². The summed E-state index contributed by atoms with van der Waals surface area (Å²) in [5.74, 6) is -0.517. The van der Waals surface area contributed by atoms with Crippen LogP contribution in [0.5, 0.6) is 0 Å². The van der Waals surface area contributed by atoms with E-state index >= 15 is 0 Å². The Kier molecular flexibility index (Phi) is 5.04. The topological polar surface area (TPSA) is 139 Å². The Morgan fingerprint density at radius 1 is 1.29 bits per heavy atom. The molecule has 0 saturated heterocycles. The number of nitrogens with one attached hydrogen (secondary N) is 2. The summed E-state index contributed by atoms with van der Waals surface area (Å²) in [7, 11) is 0. The van der Waals surface area contributed by atoms with Crippen molar-refractivity contribution >= 4 is 17.1 Å². The van der Waals surface area contributed by atoms with Gasteiger partial charge in [0.2, 0.25) is 0 Å². The summed E-state index contributed by atoms with van der Waals surface area (Å²) < 4.78 is 15.9. The van der Waals surface area contributed by atoms with Gasteiger partial charge in [0.1, 0.15) is 12.2 Å². The highest BCUT2D eigenvalue weighted by atomic mass is 19.1. The van der Waals surface area contributed by atoms with Gasteiger partial charge in [0.15, 0.2) is 0 Å². The van der Waals surface area contributed by atoms with Crippen LogP contribution in [0.25, 0.3) is 16.9 Å². The molecule has 3 fully saturated rings. The molecule has 3 N–H and O–H groups in total. The highest BCUT2D eigenvalue weighted by Gasteiger charge is 2.68. The first kappa shape index (κ1) is 22.8. The molecular weight excluding hydrogens is 449 g/mol. The molecule has 0 aromatic carbocycles. The molecule has 1 amide bonds. The fourth-order valence-electron chi connectivity index (χ4n) is 4.99. The minimum atomic E-state index is -1.64. The molecule has 178 valence electrons. The van der Waals surface area contributed by atoms with Crippen LogP contribution in [0.2, 0.25) is 0 Å². The molecule has 3 saturated carbocycles. The molecule has 3 aliphatic carbocycles. The second kappa shape index (κ2) is 7.76. The lowest BCUT2D eigenvalue weighted by molar-refractivity contribution is -0.0660. The lowest BCUT2D eigenvalue weighted by Gasteiger charge is -2.67. The van der Waals surface area contributed by atoms with E-state index in [1.54, 1.807) is 16.6 Å². The third kappa shape index (κ3) is 3.86. The maximum absolute atomic E-state index is 14.2. The molecule has 3 heterocycles. The standard InChI is InChI=1S/C25H24FN7O2/c1-23(2,35)21(26)10-30-22(34)17-9-29-19(6-18(17)32-25-11-24(12-25,13-25)14-28)20-4-3-16-5-15(7-27)8-31-33(16)20/h3-6,8-9,21,35H,10-13H2,1-2H3,(H,29,32)(H,30,34)/t21-,24?,25?/m1/s1. The Hall–Kier alpha value is -4.02. The second-order valence-electron chi connectivity index (χ2n) is 10.2. The van der Waals surface area contributed by atoms with Gasteiger partial charge in [-0.1, -0.05) is 0 Å². The van der Waals surface area contributed by atoms with Crippen LogP contribution < -0.4 is 10.6 Å². The second-order valence-corrected chi connectivity index (χ2v) is 10.2. The number of hydrogen-bond acceptors (Lipinski definition) is 7. The minimum absolute atomic E-state index is 0.244. The molecule has 9 nitrogen and oxygen atoms in total. The van der Waals surface area contributed by atoms with Crippen LogP contribution >= 0.6 is 0 Å². The van der Waals surface area contributed by atoms with Crippen molar-refractivity contribution in [2.45, 2.75) is 50.4 Å². The van der Waals surface area contributed by atoms with Gasteiger partial charge in [-0.15, -0.1) is 0 Å². The lowest BCUT2D eigenvalue weighted by atomic mass is 9.40. The summed E-state index contributed by atoms with van der Waals surface area (Å²) in [6.07, 6.45) is 3.36. The highest BCUT2D eigenvalue weighted by molar-refractivity contribution is 6.00. The Bertz CT molecular complexity index is 1410. The normalized spacial score (nSPS) is 23.4. The molecule has 6 rings (SSSR count). The molecule has 2 bridgehead atoms. The van der Waals surface area contributed by atoms with Gasteiger partial charge < -0.3 is 15.7 Å². The SMILES string of the molecule is CC(C)(O)[C@H](F)CNC(=O)c1cnc(-c2ccc3cc(C#N)cnn23)cc1NC12CC(C#N)(C1)C2. The average Bonchev–Trinajstić information content (AvgIpc) is 3.20. The number of alkyl halides is 1. The Morgan fingerprint density at radius 2 is 2.03 bits per heavy atom. The van der Waals surface area contributed by atoms with E-state index in [-0.39, 0.29) is 23.1 Å². The quantitative estimate of drug-likeness (QED) is 0.479. The van der Waals surface area contributed by atoms with Gasteiger partial charge in [-0.05, 0) is 57.4 Å². The van der Waals surface area contributed by atoms with Gasteiger partial charge in [0, 0.05) is 11.7 Å². The van der Waals surface area contributed by atoms with Crippen LogP contribution in [0.4, 0.5) is 10.1 Å². The van der Waals surface area contributed by atoms with Gasteiger partial charge in [-0.3, -0.25) is 9.78 Å². The fourth-order valence-corrected chi connectivity index (χ4v) is 4.99. The number of fused-ring (bicyclic) bond motifs is 1. The number of halogens is 1. The number of carbonyl (C=O) groups is 1. The van der Waals surface area contributed by atoms with Crippen LogP contribution in [0, 0.1) is 28.1 Å². The van der Waals surface area contributed by atoms with E-state index in [0.29, 0.717) is 41.9 Å². The van der Waals surface area contributed by atoms with Crippen LogP contribution in [0.15, 0.2) is 36.7 Å². The van der Waals surface area contributed by atoms with Crippen molar-refractivity contribution in [2.24, 2.45) is 5.41 Å². The van der Waals surface area contributed by atoms with Crippen LogP contribution in [0.3, 0.4) is 0 Å². The molecule has 3 aliphatic rings. The maximum Gasteiger partial charge on any atom is 0.255 e. The lowest BCUT2D eigenvalue weighted by Crippen LogP contribution is -2.70. The zero-order valence-electron chi connectivity index (χ0n) is 19.3. The van der Waals surface area contributed by atoms with Crippen molar-refractivity contribution < 1.29 is 14.3 Å². The fraction of sp³-hybridized carbons (Fsp3) is 0.400. The van der Waals surface area contributed by atoms with Crippen molar-refractivity contribution in [1.29, 1.82) is 10.5 Å². The zero-order chi connectivity index (χ0) is 25.0. The van der Waals surface area contributed by atoms with Gasteiger partial charge in [-0.2, -0.15) is 15.6 Å². The average molecular weight is 474 g/mol. The van der Waals surface area contributed by atoms with Crippen molar-refractivity contribution in [3.05, 3.63) is 47.8 Å². The Morgan fingerprint density at radius 3 is 2.69 bits per heavy atom. The van der Waals surface area contributed by atoms with Gasteiger partial charge in [0.25, 0.3) is 5.91 Å². The van der Waals surface area contributed by atoms with Crippen LogP contribution in [0.1, 0.15) is 49.0 Å². The molecule has 3 aromatic rings. The minimum Gasteiger partial charge on any atom is -0.387 e. The number of nitrogens with zero attached hydrogens (tertiary/aromatic N) is 5. The monoisotopic (exact) mass is 473 g/mol. The van der Waals surface area contributed by atoms with E-state index in [0.717, 1.165) is 5.52 Å². The highest BCUT2D eigenvalue weighted by Crippen LogP contribution is 2.68. The van der Waals surface area contributed by atoms with Crippen molar-refractivity contribution in [2.75, 3.05) is 11.9 Å². The number of aliphatic hydroxyl groups is 1. The van der Waals surface area contributed by atoms with Gasteiger partial charge >= 0.3 is 0 Å². The molecule has 0 radical (unpaired) electrons. The molecular formula is C25H24FN7O2. The summed E-state index contributed by atoms with van der Waals surface area (Å²) in [6, 6.07) is 11.6. The molecule has 3 aromatic heterocycles. The zero-order valence-corrected chi connectivity index (χ0v) is 19.3. The first-order chi connectivity index (χ1) is 16.6. The molecule has 0 spiro atoms. The summed E-state index contributed by atoms with van der Waals surface area (Å²) in [5, 5.41) is 38.6. The van der Waals surface area contributed by atoms with Crippen LogP contribution in [-0.4, -0.2) is 49.5 Å². The third-order valence-corrected chi connectivity index (χ3v) is 6.92. The molecule has 10 heteroatoms. The van der Waals surface area contributed by atoms with E-state index in [2.05, 4.69) is 32.9 Å². The first-order valence-electron chi connectivity index (χ1n) is 11.3. The van der Waals surface area contributed by atoms with Crippen molar-refractivity contribution in [1.82, 2.24) is 19.9 Å². The predicted octanol–water partition coefficient (Wildman–Crippen LogP) is 2.96. The van der Waals surface area contributed by atoms with E-state index in [4.69, 9.17) is 5.26 Å². The number of aromatic nitrogens is 3. The molecule has 0 aliphatic heterocycles. The number of amides is 1. The number of nitriles is 2. The number of pyridine rings is 1. The summed E-state index contributed by atoms with van der Waals surface area (Å²) in [4.78, 5) is 17.4. The summed E-state index contributed by atoms with van der Waals surface area (Å²) >= 11 is 0. The largest absolute Gasteiger partial charge is 0.387 e. The van der Waals surface area contributed by atoms with Gasteiger partial charge in [-0.25, -0.2) is 8.91 Å². The van der Waals surface area contributed by atoms with Crippen molar-refractivity contribution in [3.8, 4) is 23.5 Å². The van der Waals surface area contributed by atoms with Crippen molar-refractivity contribution in [3.63, 3.8) is 0 Å². The van der Waals surface area contributed by atoms with Crippen LogP contribution in [-0.2, 0) is 0 Å². The first-order valence-corrected chi connectivity index (χ1v) is 11.3. The summed E-state index contributed by atoms with van der Waals surface area (Å²) in [6.45, 7) is 2.34. The maximum atomic E-state index is 14.2. The molecule has 35 heavy (non-hydrogen) atoms. The number of anilines is 1. The number of hydrogen-bond donors (Lipinski definition) is 3. The third-order valence-electron chi connectivity index (χ3n) is 6.92. The Labute approximate surface area is 201 Å². The van der Waals surface area contributed by atoms with E-state index in [9.17, 15) is 19.6 Å². The van der Waals surface area contributed by atoms with Gasteiger partial charge in [0.05, 0.1) is 63.5 Å². The predicted molar refractivity (Wildman–Crippen MR) is 125 cm³/mol. The molecule has 1 atom stereocenters. The smallest absolute Gasteiger partial charge is 0.255 e. The van der Waals surface area contributed by atoms with E-state index < -0.39 is 17.7 Å². The van der Waals surface area contributed by atoms with E-state index in [1.165, 1.54) is 26.2 Å². The number of rotatable bonds is 7. The Balaban J connectivity index is 1.47. The number of carbonyl (C=O) groups excluding carboxylic acids is 1. The summed E-state index contributed by atoms with van der Waals surface area (Å²) in [5.41, 5.74) is 1.07. The molecule has 0 unspecified atom stereocenters.